The van der Waals surface area contributed by atoms with Gasteiger partial charge in [0.05, 0.1) is 0 Å². The first kappa shape index (κ1) is 18.3. The zero-order chi connectivity index (χ0) is 13.5. The molecular formula is C13H26O4. The Morgan fingerprint density at radius 3 is 1.41 bits per heavy atom. The fourth-order valence-corrected chi connectivity index (χ4v) is 1.23. The number of hydrogen-bond acceptors (Lipinski definition) is 2. The van der Waals surface area contributed by atoms with Crippen molar-refractivity contribution < 1.29 is 19.8 Å². The summed E-state index contributed by atoms with van der Waals surface area (Å²) in [5.41, 5.74) is 0. The Balaban J connectivity index is 0. The van der Waals surface area contributed by atoms with Gasteiger partial charge >= 0.3 is 11.9 Å². The van der Waals surface area contributed by atoms with Crippen molar-refractivity contribution in [3.05, 3.63) is 0 Å². The lowest BCUT2D eigenvalue weighted by molar-refractivity contribution is -0.138. The summed E-state index contributed by atoms with van der Waals surface area (Å²) in [5.74, 6) is -1.36. The van der Waals surface area contributed by atoms with Gasteiger partial charge in [0.15, 0.2) is 0 Å². The number of carbonyl (C=O) groups is 2. The predicted molar refractivity (Wildman–Crippen MR) is 68.2 cm³/mol. The minimum absolute atomic E-state index is 0.327. The first-order chi connectivity index (χ1) is 8.04. The van der Waals surface area contributed by atoms with E-state index in [1.165, 1.54) is 6.42 Å². The second kappa shape index (κ2) is 14.9. The molecule has 0 aromatic rings. The number of aliphatic carboxylic acids is 2. The molecule has 0 aromatic heterocycles. The van der Waals surface area contributed by atoms with Gasteiger partial charge in [-0.05, 0) is 12.8 Å². The lowest BCUT2D eigenvalue weighted by Gasteiger charge is -1.92. The Morgan fingerprint density at radius 2 is 1.06 bits per heavy atom. The summed E-state index contributed by atoms with van der Waals surface area (Å²) < 4.78 is 0. The summed E-state index contributed by atoms with van der Waals surface area (Å²) in [5, 5.41) is 16.4. The van der Waals surface area contributed by atoms with E-state index in [0.29, 0.717) is 12.8 Å². The predicted octanol–water partition coefficient (Wildman–Crippen LogP) is 3.69. The lowest BCUT2D eigenvalue weighted by atomic mass is 10.2. The molecule has 102 valence electrons. The number of rotatable bonds is 9. The molecule has 2 N–H and O–H groups in total. The molecule has 0 amide bonds. The number of carboxylic acids is 2. The molecule has 0 fully saturated rings. The van der Waals surface area contributed by atoms with Crippen molar-refractivity contribution in [2.24, 2.45) is 0 Å². The smallest absolute Gasteiger partial charge is 0.303 e. The molecule has 17 heavy (non-hydrogen) atoms. The molecule has 0 saturated carbocycles. The molecular weight excluding hydrogens is 220 g/mol. The van der Waals surface area contributed by atoms with Crippen molar-refractivity contribution in [1.82, 2.24) is 0 Å². The van der Waals surface area contributed by atoms with Gasteiger partial charge in [-0.1, -0.05) is 46.0 Å². The van der Waals surface area contributed by atoms with Crippen molar-refractivity contribution >= 4 is 11.9 Å². The van der Waals surface area contributed by atoms with E-state index >= 15 is 0 Å². The van der Waals surface area contributed by atoms with Gasteiger partial charge in [0.2, 0.25) is 0 Å². The molecule has 0 bridgehead atoms. The van der Waals surface area contributed by atoms with Crippen LogP contribution in [0.4, 0.5) is 0 Å². The molecule has 4 nitrogen and oxygen atoms in total. The molecule has 0 aliphatic rings. The highest BCUT2D eigenvalue weighted by Gasteiger charge is 1.94. The maximum absolute atomic E-state index is 9.96. The monoisotopic (exact) mass is 246 g/mol. The minimum atomic E-state index is -0.682. The van der Waals surface area contributed by atoms with Crippen molar-refractivity contribution in [2.45, 2.75) is 71.6 Å². The van der Waals surface area contributed by atoms with Crippen LogP contribution in [0.15, 0.2) is 0 Å². The topological polar surface area (TPSA) is 74.6 Å². The fraction of sp³-hybridized carbons (Fsp3) is 0.846. The molecule has 0 saturated heterocycles. The Labute approximate surface area is 104 Å². The van der Waals surface area contributed by atoms with Gasteiger partial charge in [0.25, 0.3) is 0 Å². The van der Waals surface area contributed by atoms with Gasteiger partial charge in [0, 0.05) is 12.8 Å². The Kier molecular flexibility index (Phi) is 16.1. The Bertz CT molecular complexity index is 190. The van der Waals surface area contributed by atoms with Crippen molar-refractivity contribution in [1.29, 1.82) is 0 Å². The van der Waals surface area contributed by atoms with Gasteiger partial charge in [-0.15, -0.1) is 0 Å². The lowest BCUT2D eigenvalue weighted by Crippen LogP contribution is -1.92. The summed E-state index contributed by atoms with van der Waals surface area (Å²) in [7, 11) is 0. The molecule has 0 aliphatic carbocycles. The zero-order valence-electron chi connectivity index (χ0n) is 11.1. The fourth-order valence-electron chi connectivity index (χ4n) is 1.23. The molecule has 0 spiro atoms. The number of hydrogen-bond donors (Lipinski definition) is 2. The van der Waals surface area contributed by atoms with E-state index in [0.717, 1.165) is 38.5 Å². The summed E-state index contributed by atoms with van der Waals surface area (Å²) in [6.45, 7) is 4.17. The maximum Gasteiger partial charge on any atom is 0.303 e. The standard InChI is InChI=1S/C7H14O2.C6H12O2/c1-2-3-4-5-6-7(8)9;1-2-3-4-5-6(7)8/h2-6H2,1H3,(H,8,9);2-5H2,1H3,(H,7,8). The average Bonchev–Trinajstić information content (AvgIpc) is 2.25. The first-order valence-corrected chi connectivity index (χ1v) is 6.48. The SMILES string of the molecule is CCCCCC(=O)O.CCCCCCC(=O)O. The van der Waals surface area contributed by atoms with Crippen LogP contribution >= 0.6 is 0 Å². The van der Waals surface area contributed by atoms with E-state index in [9.17, 15) is 9.59 Å². The van der Waals surface area contributed by atoms with E-state index in [1.54, 1.807) is 0 Å². The van der Waals surface area contributed by atoms with E-state index < -0.39 is 11.9 Å². The Hall–Kier alpha value is -1.06. The van der Waals surface area contributed by atoms with Crippen LogP contribution in [0, 0.1) is 0 Å². The van der Waals surface area contributed by atoms with Crippen LogP contribution in [0.3, 0.4) is 0 Å². The highest BCUT2D eigenvalue weighted by molar-refractivity contribution is 5.66. The van der Waals surface area contributed by atoms with Crippen LogP contribution in [-0.2, 0) is 9.59 Å². The molecule has 0 rings (SSSR count). The summed E-state index contributed by atoms with van der Waals surface area (Å²) in [4.78, 5) is 19.8. The third-order valence-electron chi connectivity index (χ3n) is 2.24. The van der Waals surface area contributed by atoms with Crippen molar-refractivity contribution in [3.63, 3.8) is 0 Å². The zero-order valence-corrected chi connectivity index (χ0v) is 11.1. The second-order valence-electron chi connectivity index (χ2n) is 4.06. The minimum Gasteiger partial charge on any atom is -0.481 e. The molecule has 0 unspecified atom stereocenters. The molecule has 0 atom stereocenters. The molecule has 0 aliphatic heterocycles. The molecule has 4 heteroatoms. The number of carboxylic acid groups (broad SMARTS) is 2. The van der Waals surface area contributed by atoms with Gasteiger partial charge < -0.3 is 10.2 Å². The number of unbranched alkanes of at least 4 members (excludes halogenated alkanes) is 5. The maximum atomic E-state index is 9.96. The van der Waals surface area contributed by atoms with Crippen LogP contribution in [0.25, 0.3) is 0 Å². The average molecular weight is 246 g/mol. The van der Waals surface area contributed by atoms with Crippen LogP contribution in [0.5, 0.6) is 0 Å². The Morgan fingerprint density at radius 1 is 0.706 bits per heavy atom. The van der Waals surface area contributed by atoms with Gasteiger partial charge in [-0.25, -0.2) is 0 Å². The normalized spacial score (nSPS) is 9.29. The molecule has 0 aromatic carbocycles. The van der Waals surface area contributed by atoms with Crippen LogP contribution < -0.4 is 0 Å². The van der Waals surface area contributed by atoms with Crippen LogP contribution in [-0.4, -0.2) is 22.2 Å². The van der Waals surface area contributed by atoms with Crippen LogP contribution in [0.2, 0.25) is 0 Å². The van der Waals surface area contributed by atoms with Crippen molar-refractivity contribution in [2.75, 3.05) is 0 Å². The van der Waals surface area contributed by atoms with E-state index in [4.69, 9.17) is 10.2 Å². The van der Waals surface area contributed by atoms with Crippen molar-refractivity contribution in [3.8, 4) is 0 Å². The van der Waals surface area contributed by atoms with Gasteiger partial charge in [0.1, 0.15) is 0 Å². The summed E-state index contributed by atoms with van der Waals surface area (Å²) in [6, 6.07) is 0. The van der Waals surface area contributed by atoms with E-state index in [-0.39, 0.29) is 0 Å². The van der Waals surface area contributed by atoms with E-state index in [2.05, 4.69) is 13.8 Å². The largest absolute Gasteiger partial charge is 0.481 e. The summed E-state index contributed by atoms with van der Waals surface area (Å²) >= 11 is 0. The third-order valence-corrected chi connectivity index (χ3v) is 2.24. The molecule has 0 heterocycles. The highest BCUT2D eigenvalue weighted by Crippen LogP contribution is 2.01. The van der Waals surface area contributed by atoms with Crippen LogP contribution in [0.1, 0.15) is 71.6 Å². The quantitative estimate of drug-likeness (QED) is 0.608. The third kappa shape index (κ3) is 25.3. The highest BCUT2D eigenvalue weighted by atomic mass is 16.4. The van der Waals surface area contributed by atoms with E-state index in [1.807, 2.05) is 0 Å². The van der Waals surface area contributed by atoms with Gasteiger partial charge in [-0.2, -0.15) is 0 Å². The van der Waals surface area contributed by atoms with Gasteiger partial charge in [-0.3, -0.25) is 9.59 Å². The molecule has 0 radical (unpaired) electrons. The second-order valence-corrected chi connectivity index (χ2v) is 4.06. The first-order valence-electron chi connectivity index (χ1n) is 6.48. The summed E-state index contributed by atoms with van der Waals surface area (Å²) in [6.07, 6.45) is 7.83.